The molecule has 0 spiro atoms. The first-order valence-corrected chi connectivity index (χ1v) is 5.80. The summed E-state index contributed by atoms with van der Waals surface area (Å²) in [6.07, 6.45) is 3.95. The van der Waals surface area contributed by atoms with E-state index in [9.17, 15) is 5.11 Å². The van der Waals surface area contributed by atoms with E-state index in [0.29, 0.717) is 6.04 Å². The second-order valence-electron chi connectivity index (χ2n) is 4.87. The van der Waals surface area contributed by atoms with Crippen molar-refractivity contribution >= 4 is 0 Å². The molecule has 15 heavy (non-hydrogen) atoms. The van der Waals surface area contributed by atoms with Crippen molar-refractivity contribution in [1.29, 1.82) is 0 Å². The third-order valence-electron chi connectivity index (χ3n) is 3.82. The van der Waals surface area contributed by atoms with E-state index in [4.69, 9.17) is 0 Å². The van der Waals surface area contributed by atoms with Crippen LogP contribution in [0.1, 0.15) is 24.0 Å². The molecular weight excluding hydrogens is 186 g/mol. The number of hydrogen-bond acceptors (Lipinski definition) is 2. The van der Waals surface area contributed by atoms with Crippen molar-refractivity contribution in [3.05, 3.63) is 35.4 Å². The van der Waals surface area contributed by atoms with Gasteiger partial charge >= 0.3 is 0 Å². The van der Waals surface area contributed by atoms with E-state index in [1.54, 1.807) is 0 Å². The molecule has 2 nitrogen and oxygen atoms in total. The summed E-state index contributed by atoms with van der Waals surface area (Å²) in [4.78, 5) is 0. The predicted octanol–water partition coefficient (Wildman–Crippen LogP) is 1.27. The Labute approximate surface area is 90.3 Å². The molecule has 0 bridgehead atoms. The van der Waals surface area contributed by atoms with Gasteiger partial charge in [-0.25, -0.2) is 0 Å². The van der Waals surface area contributed by atoms with Crippen molar-refractivity contribution < 1.29 is 5.11 Å². The molecule has 1 aliphatic heterocycles. The number of rotatable bonds is 1. The molecule has 80 valence electrons. The molecule has 0 aromatic heterocycles. The van der Waals surface area contributed by atoms with Gasteiger partial charge in [0.15, 0.2) is 0 Å². The van der Waals surface area contributed by atoms with Gasteiger partial charge in [0.1, 0.15) is 0 Å². The maximum atomic E-state index is 10.6. The van der Waals surface area contributed by atoms with Crippen molar-refractivity contribution in [3.63, 3.8) is 0 Å². The fourth-order valence-electron chi connectivity index (χ4n) is 3.01. The molecule has 2 N–H and O–H groups in total. The van der Waals surface area contributed by atoms with E-state index < -0.39 is 5.60 Å². The van der Waals surface area contributed by atoms with Gasteiger partial charge in [-0.2, -0.15) is 0 Å². The number of benzene rings is 1. The van der Waals surface area contributed by atoms with E-state index in [1.165, 1.54) is 17.5 Å². The van der Waals surface area contributed by atoms with E-state index in [2.05, 4.69) is 29.6 Å². The summed E-state index contributed by atoms with van der Waals surface area (Å²) in [5.74, 6) is 0. The minimum atomic E-state index is -0.528. The van der Waals surface area contributed by atoms with Crippen LogP contribution in [0.3, 0.4) is 0 Å². The fourth-order valence-corrected chi connectivity index (χ4v) is 3.01. The molecule has 2 heteroatoms. The highest BCUT2D eigenvalue weighted by molar-refractivity contribution is 5.36. The zero-order valence-electron chi connectivity index (χ0n) is 8.87. The van der Waals surface area contributed by atoms with Gasteiger partial charge in [0.2, 0.25) is 0 Å². The van der Waals surface area contributed by atoms with Crippen molar-refractivity contribution in [2.24, 2.45) is 0 Å². The van der Waals surface area contributed by atoms with Crippen LogP contribution >= 0.6 is 0 Å². The van der Waals surface area contributed by atoms with Crippen LogP contribution in [0, 0.1) is 0 Å². The molecular formula is C13H17NO. The SMILES string of the molecule is OC1([C@@H]2CCCN2)Cc2ccccc2C1. The zero-order valence-corrected chi connectivity index (χ0v) is 8.87. The number of fused-ring (bicyclic) bond motifs is 1. The molecule has 2 aliphatic rings. The number of nitrogens with one attached hydrogen (secondary N) is 1. The van der Waals surface area contributed by atoms with Gasteiger partial charge < -0.3 is 10.4 Å². The highest BCUT2D eigenvalue weighted by Crippen LogP contribution is 2.34. The molecule has 0 radical (unpaired) electrons. The Morgan fingerprint density at radius 1 is 1.20 bits per heavy atom. The Kier molecular flexibility index (Phi) is 2.08. The summed E-state index contributed by atoms with van der Waals surface area (Å²) in [5.41, 5.74) is 2.13. The van der Waals surface area contributed by atoms with E-state index >= 15 is 0 Å². The Morgan fingerprint density at radius 2 is 1.87 bits per heavy atom. The van der Waals surface area contributed by atoms with Gasteiger partial charge in [-0.3, -0.25) is 0 Å². The highest BCUT2D eigenvalue weighted by Gasteiger charge is 2.42. The van der Waals surface area contributed by atoms with Crippen molar-refractivity contribution in [2.45, 2.75) is 37.3 Å². The quantitative estimate of drug-likeness (QED) is 0.720. The summed E-state index contributed by atoms with van der Waals surface area (Å²) in [6.45, 7) is 1.06. The predicted molar refractivity (Wildman–Crippen MR) is 59.8 cm³/mol. The molecule has 1 aliphatic carbocycles. The first-order valence-electron chi connectivity index (χ1n) is 5.80. The van der Waals surface area contributed by atoms with Gasteiger partial charge in [-0.05, 0) is 30.5 Å². The second-order valence-corrected chi connectivity index (χ2v) is 4.87. The number of aliphatic hydroxyl groups is 1. The third kappa shape index (κ3) is 1.48. The van der Waals surface area contributed by atoms with Gasteiger partial charge in [0.25, 0.3) is 0 Å². The maximum absolute atomic E-state index is 10.6. The summed E-state index contributed by atoms with van der Waals surface area (Å²) >= 11 is 0. The average molecular weight is 203 g/mol. The highest BCUT2D eigenvalue weighted by atomic mass is 16.3. The first kappa shape index (κ1) is 9.37. The van der Waals surface area contributed by atoms with Crippen LogP contribution in [0.5, 0.6) is 0 Å². The van der Waals surface area contributed by atoms with Crippen LogP contribution < -0.4 is 5.32 Å². The van der Waals surface area contributed by atoms with Crippen LogP contribution in [0.4, 0.5) is 0 Å². The molecule has 1 aromatic rings. The first-order chi connectivity index (χ1) is 7.28. The van der Waals surface area contributed by atoms with Crippen molar-refractivity contribution in [3.8, 4) is 0 Å². The van der Waals surface area contributed by atoms with Gasteiger partial charge in [-0.1, -0.05) is 24.3 Å². The molecule has 0 amide bonds. The lowest BCUT2D eigenvalue weighted by atomic mass is 9.90. The van der Waals surface area contributed by atoms with Crippen LogP contribution in [0.15, 0.2) is 24.3 Å². The molecule has 1 aromatic carbocycles. The lowest BCUT2D eigenvalue weighted by Gasteiger charge is -2.29. The van der Waals surface area contributed by atoms with Crippen molar-refractivity contribution in [1.82, 2.24) is 5.32 Å². The summed E-state index contributed by atoms with van der Waals surface area (Å²) in [7, 11) is 0. The summed E-state index contributed by atoms with van der Waals surface area (Å²) < 4.78 is 0. The van der Waals surface area contributed by atoms with Gasteiger partial charge in [-0.15, -0.1) is 0 Å². The minimum Gasteiger partial charge on any atom is -0.388 e. The Bertz CT molecular complexity index is 344. The lowest BCUT2D eigenvalue weighted by Crippen LogP contribution is -2.48. The van der Waals surface area contributed by atoms with Crippen LogP contribution in [-0.2, 0) is 12.8 Å². The van der Waals surface area contributed by atoms with E-state index in [1.807, 2.05) is 0 Å². The van der Waals surface area contributed by atoms with Crippen LogP contribution in [0.25, 0.3) is 0 Å². The molecule has 3 rings (SSSR count). The average Bonchev–Trinajstić information content (AvgIpc) is 2.83. The molecule has 1 saturated heterocycles. The Hall–Kier alpha value is -0.860. The van der Waals surface area contributed by atoms with Crippen LogP contribution in [0.2, 0.25) is 0 Å². The van der Waals surface area contributed by atoms with Gasteiger partial charge in [0.05, 0.1) is 5.60 Å². The molecule has 1 fully saturated rings. The second kappa shape index (κ2) is 3.32. The summed E-state index contributed by atoms with van der Waals surface area (Å²) in [5, 5.41) is 14.1. The standard InChI is InChI=1S/C13H17NO/c15-13(12-6-3-7-14-12)8-10-4-1-2-5-11(10)9-13/h1-2,4-5,12,14-15H,3,6-9H2/t12-/m0/s1. The molecule has 0 unspecified atom stereocenters. The monoisotopic (exact) mass is 203 g/mol. The lowest BCUT2D eigenvalue weighted by molar-refractivity contribution is 0.0177. The fraction of sp³-hybridized carbons (Fsp3) is 0.538. The normalized spacial score (nSPS) is 27.9. The van der Waals surface area contributed by atoms with E-state index in [-0.39, 0.29) is 0 Å². The third-order valence-corrected chi connectivity index (χ3v) is 3.82. The maximum Gasteiger partial charge on any atom is 0.0880 e. The molecule has 0 saturated carbocycles. The smallest absolute Gasteiger partial charge is 0.0880 e. The minimum absolute atomic E-state index is 0.296. The zero-order chi connectivity index (χ0) is 10.3. The largest absolute Gasteiger partial charge is 0.388 e. The number of hydrogen-bond donors (Lipinski definition) is 2. The van der Waals surface area contributed by atoms with Crippen molar-refractivity contribution in [2.75, 3.05) is 6.54 Å². The molecule has 1 heterocycles. The topological polar surface area (TPSA) is 32.3 Å². The molecule has 1 atom stereocenters. The van der Waals surface area contributed by atoms with Gasteiger partial charge in [0, 0.05) is 18.9 Å². The van der Waals surface area contributed by atoms with E-state index in [0.717, 1.165) is 25.8 Å². The van der Waals surface area contributed by atoms with Crippen LogP contribution in [-0.4, -0.2) is 23.3 Å². The Morgan fingerprint density at radius 3 is 2.40 bits per heavy atom. The Balaban J connectivity index is 1.87. The summed E-state index contributed by atoms with van der Waals surface area (Å²) in [6, 6.07) is 8.70.